The van der Waals surface area contributed by atoms with Gasteiger partial charge < -0.3 is 0 Å². The van der Waals surface area contributed by atoms with Crippen LogP contribution in [0.4, 0.5) is 0 Å². The molecule has 0 aromatic carbocycles. The summed E-state index contributed by atoms with van der Waals surface area (Å²) in [6.07, 6.45) is 0. The first-order valence-electron chi connectivity index (χ1n) is 3.38. The molecule has 3 heteroatoms. The monoisotopic (exact) mass is 200 g/mol. The van der Waals surface area contributed by atoms with E-state index in [-0.39, 0.29) is 4.87 Å². The van der Waals surface area contributed by atoms with Crippen LogP contribution >= 0.6 is 22.7 Å². The van der Waals surface area contributed by atoms with Gasteiger partial charge >= 0.3 is 0 Å². The Labute approximate surface area is 75.6 Å². The molecule has 0 rings (SSSR count). The van der Waals surface area contributed by atoms with E-state index >= 15 is 0 Å². The van der Waals surface area contributed by atoms with Gasteiger partial charge in [0.25, 0.3) is 0 Å². The van der Waals surface area contributed by atoms with Crippen molar-refractivity contribution >= 4 is 30.1 Å². The molecule has 10 heavy (non-hydrogen) atoms. The topological polar surface area (TPSA) is 0 Å². The molecule has 0 unspecified atom stereocenters. The summed E-state index contributed by atoms with van der Waals surface area (Å²) in [5.74, 6) is 0. The van der Waals surface area contributed by atoms with Crippen molar-refractivity contribution in [1.82, 2.24) is 0 Å². The lowest BCUT2D eigenvalue weighted by Crippen LogP contribution is -2.06. The summed E-state index contributed by atoms with van der Waals surface area (Å²) in [6.45, 7) is 12.1. The van der Waals surface area contributed by atoms with Crippen molar-refractivity contribution in [3.8, 4) is 0 Å². The van der Waals surface area contributed by atoms with Crippen molar-refractivity contribution in [3.63, 3.8) is 0 Å². The van der Waals surface area contributed by atoms with Crippen LogP contribution in [0.15, 0.2) is 0 Å². The summed E-state index contributed by atoms with van der Waals surface area (Å²) in [5.41, 5.74) is 0. The molecule has 0 heterocycles. The molecular weight excluding hydrogens is 183 g/mol. The molecule has 0 spiro atoms. The van der Waals surface area contributed by atoms with Gasteiger partial charge in [-0.05, 0) is 20.8 Å². The maximum atomic E-state index is 5.67. The minimum absolute atomic E-state index is 0.0278. The van der Waals surface area contributed by atoms with Gasteiger partial charge in [0.2, 0.25) is 0 Å². The first-order chi connectivity index (χ1) is 4.00. The zero-order chi connectivity index (χ0) is 9.00. The van der Waals surface area contributed by atoms with Gasteiger partial charge in [0.1, 0.15) is 7.38 Å². The molecule has 0 fully saturated rings. The summed E-state index contributed by atoms with van der Waals surface area (Å²) in [6, 6.07) is 0. The van der Waals surface area contributed by atoms with Crippen LogP contribution in [0.5, 0.6) is 0 Å². The molecular formula is C7H18Cl2Si. The Bertz CT molecular complexity index is 54.6. The van der Waals surface area contributed by atoms with Crippen molar-refractivity contribution in [3.05, 3.63) is 0 Å². The molecule has 0 atom stereocenters. The molecule has 64 valence electrons. The maximum absolute atomic E-state index is 5.67. The van der Waals surface area contributed by atoms with Gasteiger partial charge in [-0.2, -0.15) is 11.1 Å². The quantitative estimate of drug-likeness (QED) is 0.314. The van der Waals surface area contributed by atoms with E-state index in [1.807, 2.05) is 20.8 Å². The van der Waals surface area contributed by atoms with Crippen molar-refractivity contribution in [2.45, 2.75) is 45.3 Å². The predicted molar refractivity (Wildman–Crippen MR) is 54.8 cm³/mol. The molecule has 0 aliphatic heterocycles. The number of alkyl halides is 1. The first-order valence-corrected chi connectivity index (χ1v) is 8.27. The Kier molecular flexibility index (Phi) is 6.20. The second kappa shape index (κ2) is 4.63. The Morgan fingerprint density at radius 3 is 1.00 bits per heavy atom. The largest absolute Gasteiger partial charge is 0.168 e. The second-order valence-electron chi connectivity index (χ2n) is 4.13. The van der Waals surface area contributed by atoms with Gasteiger partial charge in [-0.1, -0.05) is 19.6 Å². The number of rotatable bonds is 0. The Hall–Kier alpha value is 0.797. The highest BCUT2D eigenvalue weighted by Crippen LogP contribution is 2.08. The fraction of sp³-hybridized carbons (Fsp3) is 1.00. The molecule has 0 N–H and O–H groups in total. The fourth-order valence-electron chi connectivity index (χ4n) is 0. The lowest BCUT2D eigenvalue weighted by Gasteiger charge is -2.01. The zero-order valence-corrected chi connectivity index (χ0v) is 10.3. The van der Waals surface area contributed by atoms with Crippen LogP contribution in [-0.2, 0) is 0 Å². The lowest BCUT2D eigenvalue weighted by atomic mass is 10.3. The molecule has 0 radical (unpaired) electrons. The average Bonchev–Trinajstić information content (AvgIpc) is 1.12. The van der Waals surface area contributed by atoms with E-state index in [1.165, 1.54) is 0 Å². The van der Waals surface area contributed by atoms with Gasteiger partial charge in [0.05, 0.1) is 0 Å². The third-order valence-electron chi connectivity index (χ3n) is 0. The Morgan fingerprint density at radius 2 is 1.00 bits per heavy atom. The molecule has 0 amide bonds. The van der Waals surface area contributed by atoms with E-state index in [0.717, 1.165) is 0 Å². The van der Waals surface area contributed by atoms with Crippen LogP contribution in [0.25, 0.3) is 0 Å². The van der Waals surface area contributed by atoms with Crippen LogP contribution in [0.1, 0.15) is 20.8 Å². The number of hydrogen-bond acceptors (Lipinski definition) is 0. The minimum atomic E-state index is -1.14. The van der Waals surface area contributed by atoms with Gasteiger partial charge in [-0.25, -0.2) is 0 Å². The molecule has 0 nitrogen and oxygen atoms in total. The Balaban J connectivity index is 0. The van der Waals surface area contributed by atoms with Gasteiger partial charge in [-0.3, -0.25) is 0 Å². The third kappa shape index (κ3) is 842. The van der Waals surface area contributed by atoms with Crippen molar-refractivity contribution in [2.75, 3.05) is 0 Å². The van der Waals surface area contributed by atoms with E-state index < -0.39 is 7.38 Å². The van der Waals surface area contributed by atoms with E-state index in [0.29, 0.717) is 0 Å². The summed E-state index contributed by atoms with van der Waals surface area (Å²) >= 11 is 11.2. The summed E-state index contributed by atoms with van der Waals surface area (Å²) in [5, 5.41) is 0. The molecule has 0 bridgehead atoms. The lowest BCUT2D eigenvalue weighted by molar-refractivity contribution is 0.788. The van der Waals surface area contributed by atoms with Crippen molar-refractivity contribution in [2.24, 2.45) is 0 Å². The smallest absolute Gasteiger partial charge is 0.147 e. The first kappa shape index (κ1) is 13.4. The number of hydrogen-bond donors (Lipinski definition) is 0. The van der Waals surface area contributed by atoms with Crippen LogP contribution < -0.4 is 0 Å². The molecule has 0 aliphatic carbocycles. The summed E-state index contributed by atoms with van der Waals surface area (Å²) in [7, 11) is -1.14. The highest BCUT2D eigenvalue weighted by atomic mass is 35.6. The van der Waals surface area contributed by atoms with Crippen LogP contribution in [0.3, 0.4) is 0 Å². The van der Waals surface area contributed by atoms with E-state index in [1.54, 1.807) is 0 Å². The average molecular weight is 201 g/mol. The Morgan fingerprint density at radius 1 is 1.00 bits per heavy atom. The van der Waals surface area contributed by atoms with Crippen molar-refractivity contribution in [1.29, 1.82) is 0 Å². The normalized spacial score (nSPS) is 12.0. The standard InChI is InChI=1S/C4H9Cl.C3H9ClSi/c1-4(2,3)5;1-5(2,3)4/h2*1-3H3. The predicted octanol–water partition coefficient (Wildman–Crippen LogP) is 4.08. The SMILES string of the molecule is CC(C)(C)Cl.C[Si](C)(C)Cl. The molecule has 0 aromatic heterocycles. The van der Waals surface area contributed by atoms with E-state index in [9.17, 15) is 0 Å². The fourth-order valence-corrected chi connectivity index (χ4v) is 0. The third-order valence-corrected chi connectivity index (χ3v) is 0. The van der Waals surface area contributed by atoms with Crippen LogP contribution in [-0.4, -0.2) is 12.3 Å². The highest BCUT2D eigenvalue weighted by molar-refractivity contribution is 7.18. The molecule has 0 saturated carbocycles. The number of halogens is 2. The van der Waals surface area contributed by atoms with Gasteiger partial charge in [-0.15, -0.1) is 11.6 Å². The highest BCUT2D eigenvalue weighted by Gasteiger charge is 2.04. The van der Waals surface area contributed by atoms with E-state index in [2.05, 4.69) is 19.6 Å². The van der Waals surface area contributed by atoms with Gasteiger partial charge in [0.15, 0.2) is 0 Å². The summed E-state index contributed by atoms with van der Waals surface area (Å²) < 4.78 is 0. The van der Waals surface area contributed by atoms with E-state index in [4.69, 9.17) is 22.7 Å². The molecule has 0 saturated heterocycles. The zero-order valence-electron chi connectivity index (χ0n) is 7.76. The van der Waals surface area contributed by atoms with Gasteiger partial charge in [0, 0.05) is 4.87 Å². The second-order valence-corrected chi connectivity index (χ2v) is 12.8. The summed E-state index contributed by atoms with van der Waals surface area (Å²) in [4.78, 5) is -0.0278. The van der Waals surface area contributed by atoms with Crippen LogP contribution in [0.2, 0.25) is 19.6 Å². The maximum Gasteiger partial charge on any atom is 0.147 e. The minimum Gasteiger partial charge on any atom is -0.168 e. The molecule has 0 aliphatic rings. The van der Waals surface area contributed by atoms with Crippen molar-refractivity contribution < 1.29 is 0 Å². The van der Waals surface area contributed by atoms with Crippen LogP contribution in [0, 0.1) is 0 Å². The molecule has 0 aromatic rings.